The molecule has 0 aliphatic rings. The highest BCUT2D eigenvalue weighted by Crippen LogP contribution is 2.21. The lowest BCUT2D eigenvalue weighted by atomic mass is 10.3. The maximum atomic E-state index is 5.67. The van der Waals surface area contributed by atoms with Gasteiger partial charge in [0, 0.05) is 17.6 Å². The van der Waals surface area contributed by atoms with Crippen molar-refractivity contribution in [2.45, 2.75) is 5.88 Å². The van der Waals surface area contributed by atoms with Gasteiger partial charge in [0.15, 0.2) is 0 Å². The number of hydrogen-bond acceptors (Lipinski definition) is 2. The van der Waals surface area contributed by atoms with Crippen LogP contribution in [0.4, 0.5) is 0 Å². The summed E-state index contributed by atoms with van der Waals surface area (Å²) in [7, 11) is 0. The van der Waals surface area contributed by atoms with Crippen molar-refractivity contribution in [1.29, 1.82) is 0 Å². The second-order valence-corrected chi connectivity index (χ2v) is 3.05. The predicted molar refractivity (Wildman–Crippen MR) is 48.6 cm³/mol. The molecule has 62 valence electrons. The molecule has 0 aromatic carbocycles. The van der Waals surface area contributed by atoms with Crippen LogP contribution in [0.5, 0.6) is 0 Å². The Bertz CT molecular complexity index is 410. The third-order valence-electron chi connectivity index (χ3n) is 1.55. The molecule has 2 aromatic rings. The van der Waals surface area contributed by atoms with E-state index in [0.717, 1.165) is 16.7 Å². The van der Waals surface area contributed by atoms with E-state index in [2.05, 4.69) is 4.98 Å². The van der Waals surface area contributed by atoms with Crippen molar-refractivity contribution in [3.05, 3.63) is 29.2 Å². The van der Waals surface area contributed by atoms with E-state index in [9.17, 15) is 0 Å². The highest BCUT2D eigenvalue weighted by molar-refractivity contribution is 6.29. The van der Waals surface area contributed by atoms with Crippen LogP contribution in [0.15, 0.2) is 22.7 Å². The summed E-state index contributed by atoms with van der Waals surface area (Å²) in [6, 6.07) is 3.53. The summed E-state index contributed by atoms with van der Waals surface area (Å²) in [6.07, 6.45) is 1.66. The number of rotatable bonds is 1. The first-order chi connectivity index (χ1) is 5.79. The largest absolute Gasteiger partial charge is 0.460 e. The SMILES string of the molecule is ClCc1cc2cnc(Cl)cc2o1. The Labute approximate surface area is 79.1 Å². The second kappa shape index (κ2) is 2.96. The molecule has 0 saturated heterocycles. The van der Waals surface area contributed by atoms with E-state index in [1.807, 2.05) is 6.07 Å². The number of hydrogen-bond donors (Lipinski definition) is 0. The summed E-state index contributed by atoms with van der Waals surface area (Å²) in [5.41, 5.74) is 0.727. The molecule has 0 unspecified atom stereocenters. The molecule has 2 aromatic heterocycles. The highest BCUT2D eigenvalue weighted by Gasteiger charge is 2.02. The number of aromatic nitrogens is 1. The lowest BCUT2D eigenvalue weighted by molar-refractivity contribution is 0.572. The minimum atomic E-state index is 0.367. The number of nitrogens with zero attached hydrogens (tertiary/aromatic N) is 1. The molecule has 0 aliphatic carbocycles. The van der Waals surface area contributed by atoms with E-state index in [4.69, 9.17) is 27.6 Å². The Morgan fingerprint density at radius 2 is 2.25 bits per heavy atom. The van der Waals surface area contributed by atoms with Gasteiger partial charge in [0.2, 0.25) is 0 Å². The quantitative estimate of drug-likeness (QED) is 0.524. The fourth-order valence-electron chi connectivity index (χ4n) is 1.03. The van der Waals surface area contributed by atoms with Crippen molar-refractivity contribution in [2.75, 3.05) is 0 Å². The smallest absolute Gasteiger partial charge is 0.138 e. The average molecular weight is 202 g/mol. The van der Waals surface area contributed by atoms with Crippen LogP contribution in [0.2, 0.25) is 5.15 Å². The zero-order valence-corrected chi connectivity index (χ0v) is 7.56. The summed E-state index contributed by atoms with van der Waals surface area (Å²) in [5, 5.41) is 1.35. The lowest BCUT2D eigenvalue weighted by Gasteiger charge is -1.87. The summed E-state index contributed by atoms with van der Waals surface area (Å²) in [5.74, 6) is 1.10. The monoisotopic (exact) mass is 201 g/mol. The minimum Gasteiger partial charge on any atom is -0.460 e. The Kier molecular flexibility index (Phi) is 1.95. The van der Waals surface area contributed by atoms with Crippen molar-refractivity contribution < 1.29 is 4.42 Å². The molecule has 0 amide bonds. The molecule has 2 heterocycles. The Balaban J connectivity index is 2.67. The van der Waals surface area contributed by atoms with E-state index in [-0.39, 0.29) is 0 Å². The van der Waals surface area contributed by atoms with Crippen molar-refractivity contribution in [3.63, 3.8) is 0 Å². The fourth-order valence-corrected chi connectivity index (χ4v) is 1.31. The normalized spacial score (nSPS) is 10.8. The van der Waals surface area contributed by atoms with Crippen LogP contribution in [-0.4, -0.2) is 4.98 Å². The number of pyridine rings is 1. The lowest BCUT2D eigenvalue weighted by Crippen LogP contribution is -1.70. The average Bonchev–Trinajstić information content (AvgIpc) is 2.46. The van der Waals surface area contributed by atoms with Crippen LogP contribution in [0.25, 0.3) is 11.0 Å². The van der Waals surface area contributed by atoms with Crippen molar-refractivity contribution in [1.82, 2.24) is 4.98 Å². The molecular formula is C8H5Cl2NO. The van der Waals surface area contributed by atoms with Crippen molar-refractivity contribution in [3.8, 4) is 0 Å². The number of alkyl halides is 1. The van der Waals surface area contributed by atoms with E-state index in [1.54, 1.807) is 12.3 Å². The molecule has 4 heteroatoms. The van der Waals surface area contributed by atoms with Crippen LogP contribution < -0.4 is 0 Å². The van der Waals surface area contributed by atoms with Crippen LogP contribution in [-0.2, 0) is 5.88 Å². The maximum absolute atomic E-state index is 5.67. The molecule has 0 aliphatic heterocycles. The van der Waals surface area contributed by atoms with Gasteiger partial charge in [0.05, 0.1) is 5.88 Å². The molecule has 2 nitrogen and oxygen atoms in total. The molecule has 0 N–H and O–H groups in total. The second-order valence-electron chi connectivity index (χ2n) is 2.39. The van der Waals surface area contributed by atoms with E-state index < -0.39 is 0 Å². The minimum absolute atomic E-state index is 0.367. The van der Waals surface area contributed by atoms with Gasteiger partial charge in [-0.1, -0.05) is 11.6 Å². The van der Waals surface area contributed by atoms with E-state index in [1.165, 1.54) is 0 Å². The van der Waals surface area contributed by atoms with Crippen molar-refractivity contribution in [2.24, 2.45) is 0 Å². The first-order valence-electron chi connectivity index (χ1n) is 3.39. The summed E-state index contributed by atoms with van der Waals surface area (Å²) < 4.78 is 5.34. The van der Waals surface area contributed by atoms with Crippen LogP contribution >= 0.6 is 23.2 Å². The van der Waals surface area contributed by atoms with Gasteiger partial charge in [-0.3, -0.25) is 0 Å². The molecule has 0 atom stereocenters. The van der Waals surface area contributed by atoms with E-state index >= 15 is 0 Å². The molecule has 0 spiro atoms. The Morgan fingerprint density at radius 1 is 1.42 bits per heavy atom. The maximum Gasteiger partial charge on any atom is 0.138 e. The van der Waals surface area contributed by atoms with Gasteiger partial charge >= 0.3 is 0 Å². The Hall–Kier alpha value is -0.730. The summed E-state index contributed by atoms with van der Waals surface area (Å²) >= 11 is 11.3. The van der Waals surface area contributed by atoms with Gasteiger partial charge in [-0.15, -0.1) is 11.6 Å². The standard InChI is InChI=1S/C8H5Cl2NO/c9-3-6-1-5-4-11-8(10)2-7(5)12-6/h1-2,4H,3H2. The molecular weight excluding hydrogens is 197 g/mol. The van der Waals surface area contributed by atoms with Gasteiger partial charge in [-0.2, -0.15) is 0 Å². The highest BCUT2D eigenvalue weighted by atomic mass is 35.5. The van der Waals surface area contributed by atoms with Gasteiger partial charge in [0.1, 0.15) is 16.5 Å². The molecule has 0 saturated carbocycles. The summed E-state index contributed by atoms with van der Waals surface area (Å²) in [4.78, 5) is 3.92. The third-order valence-corrected chi connectivity index (χ3v) is 2.02. The third kappa shape index (κ3) is 1.28. The number of fused-ring (bicyclic) bond motifs is 1. The fraction of sp³-hybridized carbons (Fsp3) is 0.125. The van der Waals surface area contributed by atoms with Crippen LogP contribution in [0.1, 0.15) is 5.76 Å². The zero-order valence-electron chi connectivity index (χ0n) is 6.05. The molecule has 2 rings (SSSR count). The summed E-state index contributed by atoms with van der Waals surface area (Å²) in [6.45, 7) is 0. The van der Waals surface area contributed by atoms with Gasteiger partial charge < -0.3 is 4.42 Å². The predicted octanol–water partition coefficient (Wildman–Crippen LogP) is 3.22. The topological polar surface area (TPSA) is 26.0 Å². The Morgan fingerprint density at radius 3 is 3.00 bits per heavy atom. The van der Waals surface area contributed by atoms with Gasteiger partial charge in [-0.05, 0) is 6.07 Å². The molecule has 0 fully saturated rings. The van der Waals surface area contributed by atoms with Gasteiger partial charge in [-0.25, -0.2) is 4.98 Å². The van der Waals surface area contributed by atoms with Gasteiger partial charge in [0.25, 0.3) is 0 Å². The number of halogens is 2. The van der Waals surface area contributed by atoms with E-state index in [0.29, 0.717) is 11.0 Å². The molecule has 0 radical (unpaired) electrons. The number of furan rings is 1. The first kappa shape index (κ1) is 7.90. The molecule has 12 heavy (non-hydrogen) atoms. The molecule has 0 bridgehead atoms. The zero-order chi connectivity index (χ0) is 8.55. The van der Waals surface area contributed by atoms with Crippen LogP contribution in [0, 0.1) is 0 Å². The first-order valence-corrected chi connectivity index (χ1v) is 4.31. The van der Waals surface area contributed by atoms with Crippen molar-refractivity contribution >= 4 is 34.2 Å². The van der Waals surface area contributed by atoms with Crippen LogP contribution in [0.3, 0.4) is 0 Å².